The maximum atomic E-state index is 10.5. The second-order valence-corrected chi connectivity index (χ2v) is 4.39. The fourth-order valence-corrected chi connectivity index (χ4v) is 1.58. The number of nitro groups is 1. The van der Waals surface area contributed by atoms with Crippen molar-refractivity contribution in [1.29, 1.82) is 0 Å². The van der Waals surface area contributed by atoms with Crippen LogP contribution in [0.15, 0.2) is 18.2 Å². The van der Waals surface area contributed by atoms with E-state index in [2.05, 4.69) is 0 Å². The van der Waals surface area contributed by atoms with E-state index in [0.717, 1.165) is 5.56 Å². The van der Waals surface area contributed by atoms with Crippen molar-refractivity contribution in [2.75, 3.05) is 13.7 Å². The maximum absolute atomic E-state index is 10.5. The zero-order chi connectivity index (χ0) is 13.0. The number of aliphatic hydroxyl groups excluding tert-OH is 1. The molecule has 0 aliphatic heterocycles. The first-order valence-corrected chi connectivity index (χ1v) is 5.57. The van der Waals surface area contributed by atoms with Crippen LogP contribution in [0.1, 0.15) is 12.5 Å². The molecule has 0 saturated heterocycles. The maximum Gasteiger partial charge on any atom is 0.270 e. The summed E-state index contributed by atoms with van der Waals surface area (Å²) >= 11 is 5.97. The molecule has 0 saturated carbocycles. The van der Waals surface area contributed by atoms with Gasteiger partial charge in [-0.25, -0.2) is 0 Å². The fourth-order valence-electron chi connectivity index (χ4n) is 1.34. The third-order valence-corrected chi connectivity index (χ3v) is 3.04. The Morgan fingerprint density at radius 3 is 2.71 bits per heavy atom. The van der Waals surface area contributed by atoms with Crippen molar-refractivity contribution in [2.45, 2.75) is 19.5 Å². The largest absolute Gasteiger partial charge is 0.395 e. The van der Waals surface area contributed by atoms with Crippen LogP contribution < -0.4 is 0 Å². The summed E-state index contributed by atoms with van der Waals surface area (Å²) in [7, 11) is 1.86. The second-order valence-electron chi connectivity index (χ2n) is 3.98. The lowest BCUT2D eigenvalue weighted by atomic mass is 10.2. The van der Waals surface area contributed by atoms with E-state index in [9.17, 15) is 10.1 Å². The van der Waals surface area contributed by atoms with Crippen LogP contribution >= 0.6 is 11.6 Å². The molecule has 94 valence electrons. The van der Waals surface area contributed by atoms with E-state index in [1.165, 1.54) is 12.1 Å². The Kier molecular flexibility index (Phi) is 4.86. The SMILES string of the molecule is CC(CO)N(C)Cc1ccc([N+](=O)[O-])cc1Cl. The summed E-state index contributed by atoms with van der Waals surface area (Å²) in [5.41, 5.74) is 0.789. The van der Waals surface area contributed by atoms with Crippen molar-refractivity contribution in [3.63, 3.8) is 0 Å². The third kappa shape index (κ3) is 3.66. The Labute approximate surface area is 105 Å². The van der Waals surface area contributed by atoms with Gasteiger partial charge >= 0.3 is 0 Å². The van der Waals surface area contributed by atoms with Crippen LogP contribution in [0.2, 0.25) is 5.02 Å². The molecule has 0 fully saturated rings. The molecule has 1 aromatic carbocycles. The van der Waals surface area contributed by atoms with Gasteiger partial charge in [0.15, 0.2) is 0 Å². The molecule has 1 atom stereocenters. The molecule has 6 heteroatoms. The van der Waals surface area contributed by atoms with Gasteiger partial charge in [-0.2, -0.15) is 0 Å². The van der Waals surface area contributed by atoms with Gasteiger partial charge in [0.05, 0.1) is 16.6 Å². The Morgan fingerprint density at radius 2 is 2.24 bits per heavy atom. The van der Waals surface area contributed by atoms with E-state index >= 15 is 0 Å². The number of benzene rings is 1. The number of likely N-dealkylation sites (N-methyl/N-ethyl adjacent to an activating group) is 1. The van der Waals surface area contributed by atoms with Crippen molar-refractivity contribution in [3.8, 4) is 0 Å². The molecule has 1 aromatic rings. The van der Waals surface area contributed by atoms with Crippen LogP contribution in [0.5, 0.6) is 0 Å². The minimum atomic E-state index is -0.476. The molecule has 0 heterocycles. The molecule has 1 N–H and O–H groups in total. The first kappa shape index (κ1) is 13.9. The molecule has 0 spiro atoms. The van der Waals surface area contributed by atoms with Crippen molar-refractivity contribution < 1.29 is 10.0 Å². The van der Waals surface area contributed by atoms with Gasteiger partial charge < -0.3 is 5.11 Å². The number of non-ortho nitro benzene ring substituents is 1. The lowest BCUT2D eigenvalue weighted by Gasteiger charge is -2.23. The monoisotopic (exact) mass is 258 g/mol. The van der Waals surface area contributed by atoms with Gasteiger partial charge in [0.25, 0.3) is 5.69 Å². The molecular formula is C11H15ClN2O3. The highest BCUT2D eigenvalue weighted by atomic mass is 35.5. The van der Waals surface area contributed by atoms with Gasteiger partial charge in [-0.05, 0) is 25.6 Å². The number of nitrogens with zero attached hydrogens (tertiary/aromatic N) is 2. The highest BCUT2D eigenvalue weighted by Crippen LogP contribution is 2.23. The summed E-state index contributed by atoms with van der Waals surface area (Å²) < 4.78 is 0. The van der Waals surface area contributed by atoms with Crippen LogP contribution in [0, 0.1) is 10.1 Å². The van der Waals surface area contributed by atoms with Crippen molar-refractivity contribution in [3.05, 3.63) is 38.9 Å². The Bertz CT molecular complexity index is 412. The third-order valence-electron chi connectivity index (χ3n) is 2.68. The van der Waals surface area contributed by atoms with Gasteiger partial charge in [0, 0.05) is 24.7 Å². The summed E-state index contributed by atoms with van der Waals surface area (Å²) in [5, 5.41) is 19.9. The summed E-state index contributed by atoms with van der Waals surface area (Å²) in [6, 6.07) is 4.43. The van der Waals surface area contributed by atoms with E-state index in [0.29, 0.717) is 11.6 Å². The Morgan fingerprint density at radius 1 is 1.59 bits per heavy atom. The average Bonchev–Trinajstić information content (AvgIpc) is 2.30. The van der Waals surface area contributed by atoms with Gasteiger partial charge in [-0.3, -0.25) is 15.0 Å². The summed E-state index contributed by atoms with van der Waals surface area (Å²) in [5.74, 6) is 0. The zero-order valence-electron chi connectivity index (χ0n) is 9.76. The summed E-state index contributed by atoms with van der Waals surface area (Å²) in [6.07, 6.45) is 0. The first-order chi connectivity index (χ1) is 7.95. The standard InChI is InChI=1S/C11H15ClN2O3/c1-8(7-15)13(2)6-9-3-4-10(14(16)17)5-11(9)12/h3-5,8,15H,6-7H2,1-2H3. The summed E-state index contributed by atoms with van der Waals surface area (Å²) in [4.78, 5) is 12.0. The smallest absolute Gasteiger partial charge is 0.270 e. The van der Waals surface area contributed by atoms with Gasteiger partial charge in [-0.15, -0.1) is 0 Å². The highest BCUT2D eigenvalue weighted by molar-refractivity contribution is 6.31. The van der Waals surface area contributed by atoms with Gasteiger partial charge in [0.2, 0.25) is 0 Å². The number of halogens is 1. The molecule has 5 nitrogen and oxygen atoms in total. The van der Waals surface area contributed by atoms with Gasteiger partial charge in [-0.1, -0.05) is 11.6 Å². The van der Waals surface area contributed by atoms with E-state index in [-0.39, 0.29) is 18.3 Å². The molecule has 0 aliphatic rings. The van der Waals surface area contributed by atoms with E-state index in [4.69, 9.17) is 16.7 Å². The van der Waals surface area contributed by atoms with E-state index in [1.54, 1.807) is 6.07 Å². The number of hydrogen-bond donors (Lipinski definition) is 1. The zero-order valence-corrected chi connectivity index (χ0v) is 10.5. The molecule has 0 radical (unpaired) electrons. The number of hydrogen-bond acceptors (Lipinski definition) is 4. The molecule has 0 aromatic heterocycles. The summed E-state index contributed by atoms with van der Waals surface area (Å²) in [6.45, 7) is 2.49. The molecule has 0 amide bonds. The topological polar surface area (TPSA) is 66.6 Å². The average molecular weight is 259 g/mol. The lowest BCUT2D eigenvalue weighted by Crippen LogP contribution is -2.31. The molecule has 1 rings (SSSR count). The molecule has 17 heavy (non-hydrogen) atoms. The second kappa shape index (κ2) is 5.95. The number of aliphatic hydroxyl groups is 1. The normalized spacial score (nSPS) is 12.8. The van der Waals surface area contributed by atoms with Crippen molar-refractivity contribution in [1.82, 2.24) is 4.90 Å². The number of nitro benzene ring substituents is 1. The van der Waals surface area contributed by atoms with Crippen molar-refractivity contribution >= 4 is 17.3 Å². The van der Waals surface area contributed by atoms with Crippen LogP contribution in [0.25, 0.3) is 0 Å². The number of rotatable bonds is 5. The van der Waals surface area contributed by atoms with Crippen LogP contribution in [-0.2, 0) is 6.54 Å². The predicted octanol–water partition coefficient (Wildman–Crippen LogP) is 2.06. The molecular weight excluding hydrogens is 244 g/mol. The van der Waals surface area contributed by atoms with Crippen molar-refractivity contribution in [2.24, 2.45) is 0 Å². The highest BCUT2D eigenvalue weighted by Gasteiger charge is 2.13. The minimum Gasteiger partial charge on any atom is -0.395 e. The quantitative estimate of drug-likeness (QED) is 0.648. The van der Waals surface area contributed by atoms with E-state index in [1.807, 2.05) is 18.9 Å². The van der Waals surface area contributed by atoms with Crippen LogP contribution in [0.4, 0.5) is 5.69 Å². The van der Waals surface area contributed by atoms with Crippen LogP contribution in [-0.4, -0.2) is 34.6 Å². The van der Waals surface area contributed by atoms with Crippen LogP contribution in [0.3, 0.4) is 0 Å². The first-order valence-electron chi connectivity index (χ1n) is 5.19. The van der Waals surface area contributed by atoms with Gasteiger partial charge in [0.1, 0.15) is 0 Å². The molecule has 1 unspecified atom stereocenters. The Balaban J connectivity index is 2.82. The Hall–Kier alpha value is -1.17. The molecule has 0 bridgehead atoms. The fraction of sp³-hybridized carbons (Fsp3) is 0.455. The molecule has 0 aliphatic carbocycles. The lowest BCUT2D eigenvalue weighted by molar-refractivity contribution is -0.384. The minimum absolute atomic E-state index is 0.0151. The predicted molar refractivity (Wildman–Crippen MR) is 66.1 cm³/mol. The van der Waals surface area contributed by atoms with E-state index < -0.39 is 4.92 Å².